The molecule has 2 saturated heterocycles. The Labute approximate surface area is 373 Å². The van der Waals surface area contributed by atoms with E-state index in [0.29, 0.717) is 30.4 Å². The van der Waals surface area contributed by atoms with Crippen molar-refractivity contribution in [1.29, 1.82) is 0 Å². The number of β-amino-alcohol motifs (C(OH)–C–C–N with tert-alkyl or cyclic N) is 1. The van der Waals surface area contributed by atoms with Crippen LogP contribution in [-0.4, -0.2) is 124 Å². The first-order valence-corrected chi connectivity index (χ1v) is 22.4. The number of anilines is 6. The van der Waals surface area contributed by atoms with Crippen molar-refractivity contribution in [3.8, 4) is 22.6 Å². The lowest BCUT2D eigenvalue weighted by Gasteiger charge is -2.36. The fourth-order valence-corrected chi connectivity index (χ4v) is 8.73. The molecule has 4 aliphatic heterocycles. The number of fused-ring (bicyclic) bond motifs is 2. The summed E-state index contributed by atoms with van der Waals surface area (Å²) in [5.41, 5.74) is 8.38. The van der Waals surface area contributed by atoms with Crippen molar-refractivity contribution in [2.45, 2.75) is 57.7 Å². The minimum atomic E-state index is 0.158. The zero-order chi connectivity index (χ0) is 43.7. The Kier molecular flexibility index (Phi) is 14.0. The molecule has 0 atom stereocenters. The van der Waals surface area contributed by atoms with E-state index in [1.165, 1.54) is 18.4 Å². The van der Waals surface area contributed by atoms with Crippen molar-refractivity contribution in [1.82, 2.24) is 39.7 Å². The van der Waals surface area contributed by atoms with Crippen LogP contribution >= 0.6 is 0 Å². The molecule has 0 spiro atoms. The number of aromatic nitrogens is 6. The summed E-state index contributed by atoms with van der Waals surface area (Å²) in [5, 5.41) is 19.8. The molecule has 0 saturated carbocycles. The van der Waals surface area contributed by atoms with Crippen molar-refractivity contribution in [3.63, 3.8) is 0 Å². The Bertz CT molecular complexity index is 2390. The maximum Gasteiger partial charge on any atom is 0.229 e. The molecule has 0 unspecified atom stereocenters. The molecule has 2 fully saturated rings. The van der Waals surface area contributed by atoms with Crippen molar-refractivity contribution >= 4 is 34.9 Å². The highest BCUT2D eigenvalue weighted by molar-refractivity contribution is 5.65. The SMILES string of the molecule is CN(c1nc(Nc2ccc(-c3cnco3)cc2)nc2c1CN(CCO)CC2)C1CCOCC1.CN1CCc2nc(Nc3ccc(-c4cnco4)cc3)nc(NCC3CCOCC3)c2C1. The molecule has 4 aromatic heterocycles. The molecular weight excluding hydrogens is 813 g/mol. The molecule has 17 heteroatoms. The van der Waals surface area contributed by atoms with Crippen LogP contribution in [0.15, 0.2) is 82.5 Å². The fourth-order valence-electron chi connectivity index (χ4n) is 8.73. The van der Waals surface area contributed by atoms with Gasteiger partial charge in [-0.15, -0.1) is 0 Å². The second kappa shape index (κ2) is 20.7. The van der Waals surface area contributed by atoms with Gasteiger partial charge < -0.3 is 49.2 Å². The van der Waals surface area contributed by atoms with Crippen LogP contribution in [0.3, 0.4) is 0 Å². The first-order chi connectivity index (χ1) is 31.5. The Hall–Kier alpha value is -5.98. The van der Waals surface area contributed by atoms with E-state index in [2.05, 4.69) is 54.7 Å². The molecule has 0 amide bonds. The number of benzene rings is 2. The van der Waals surface area contributed by atoms with Gasteiger partial charge in [0.1, 0.15) is 11.6 Å². The van der Waals surface area contributed by atoms with Crippen molar-refractivity contribution in [2.24, 2.45) is 5.92 Å². The lowest BCUT2D eigenvalue weighted by molar-refractivity contribution is 0.0699. The van der Waals surface area contributed by atoms with E-state index in [0.717, 1.165) is 160 Å². The van der Waals surface area contributed by atoms with E-state index in [9.17, 15) is 5.11 Å². The Morgan fingerprint density at radius 3 is 1.88 bits per heavy atom. The molecule has 4 aliphatic rings. The summed E-state index contributed by atoms with van der Waals surface area (Å²) in [6, 6.07) is 16.4. The molecule has 0 radical (unpaired) electrons. The molecule has 336 valence electrons. The quantitative estimate of drug-likeness (QED) is 0.0978. The largest absolute Gasteiger partial charge is 0.444 e. The molecule has 6 aromatic rings. The number of ether oxygens (including phenoxy) is 2. The van der Waals surface area contributed by atoms with Gasteiger partial charge in [-0.2, -0.15) is 9.97 Å². The third kappa shape index (κ3) is 10.7. The maximum absolute atomic E-state index is 9.42. The summed E-state index contributed by atoms with van der Waals surface area (Å²) in [5.74, 6) is 5.26. The molecule has 64 heavy (non-hydrogen) atoms. The average molecular weight is 871 g/mol. The zero-order valence-electron chi connectivity index (χ0n) is 36.7. The van der Waals surface area contributed by atoms with Gasteiger partial charge in [-0.1, -0.05) is 0 Å². The van der Waals surface area contributed by atoms with Crippen LogP contribution in [0.2, 0.25) is 0 Å². The Balaban J connectivity index is 0.000000162. The van der Waals surface area contributed by atoms with Crippen molar-refractivity contribution in [3.05, 3.63) is 96.2 Å². The normalized spacial score (nSPS) is 17.2. The summed E-state index contributed by atoms with van der Waals surface area (Å²) in [6.45, 7) is 8.53. The minimum absolute atomic E-state index is 0.158. The van der Waals surface area contributed by atoms with E-state index < -0.39 is 0 Å². The number of aliphatic hydroxyl groups is 1. The van der Waals surface area contributed by atoms with E-state index in [1.807, 2.05) is 48.5 Å². The van der Waals surface area contributed by atoms with Crippen LogP contribution < -0.4 is 20.9 Å². The molecular formula is C47H58N12O5. The smallest absolute Gasteiger partial charge is 0.229 e. The standard InChI is InChI=1S/C24H30N6O3.C23H28N6O2/c1-29(19-7-12-32-13-8-19)23-20-15-30(10-11-31)9-6-21(20)27-24(28-23)26-18-4-2-17(3-5-18)22-14-25-16-33-22;1-29-9-6-20-19(14-29)22(25-12-16-7-10-30-11-8-16)28-23(27-20)26-18-4-2-17(3-5-18)21-13-24-15-31-21/h2-5,14,16,19,31H,6-13,15H2,1H3,(H,26,27,28);2-5,13,15-16H,6-12,14H2,1H3,(H2,25,26,27,28). The van der Waals surface area contributed by atoms with E-state index in [4.69, 9.17) is 38.2 Å². The van der Waals surface area contributed by atoms with Crippen LogP contribution in [0, 0.1) is 5.92 Å². The molecule has 4 N–H and O–H groups in total. The van der Waals surface area contributed by atoms with Gasteiger partial charge in [0.25, 0.3) is 0 Å². The van der Waals surface area contributed by atoms with Gasteiger partial charge in [0.15, 0.2) is 24.3 Å². The predicted molar refractivity (Wildman–Crippen MR) is 245 cm³/mol. The Morgan fingerprint density at radius 2 is 1.28 bits per heavy atom. The van der Waals surface area contributed by atoms with E-state index >= 15 is 0 Å². The summed E-state index contributed by atoms with van der Waals surface area (Å²) < 4.78 is 21.8. The van der Waals surface area contributed by atoms with Gasteiger partial charge in [-0.05, 0) is 87.2 Å². The highest BCUT2D eigenvalue weighted by Crippen LogP contribution is 2.32. The third-order valence-corrected chi connectivity index (χ3v) is 12.5. The van der Waals surface area contributed by atoms with Gasteiger partial charge in [-0.25, -0.2) is 19.9 Å². The number of nitrogens with one attached hydrogen (secondary N) is 3. The minimum Gasteiger partial charge on any atom is -0.444 e. The maximum atomic E-state index is 9.42. The van der Waals surface area contributed by atoms with Gasteiger partial charge in [0, 0.05) is 125 Å². The van der Waals surface area contributed by atoms with Crippen LogP contribution in [-0.2, 0) is 35.4 Å². The summed E-state index contributed by atoms with van der Waals surface area (Å²) in [4.78, 5) is 34.4. The van der Waals surface area contributed by atoms with Gasteiger partial charge >= 0.3 is 0 Å². The number of hydrogen-bond acceptors (Lipinski definition) is 17. The van der Waals surface area contributed by atoms with Gasteiger partial charge in [-0.3, -0.25) is 4.90 Å². The molecule has 0 bridgehead atoms. The lowest BCUT2D eigenvalue weighted by Crippen LogP contribution is -2.40. The number of oxazole rings is 2. The molecule has 0 aliphatic carbocycles. The highest BCUT2D eigenvalue weighted by atomic mass is 16.5. The second-order valence-corrected chi connectivity index (χ2v) is 16.9. The summed E-state index contributed by atoms with van der Waals surface area (Å²) in [6.07, 6.45) is 12.2. The van der Waals surface area contributed by atoms with Crippen LogP contribution in [0.25, 0.3) is 22.6 Å². The van der Waals surface area contributed by atoms with Crippen LogP contribution in [0.4, 0.5) is 34.9 Å². The molecule has 10 rings (SSSR count). The van der Waals surface area contributed by atoms with Gasteiger partial charge in [0.05, 0.1) is 30.4 Å². The Morgan fingerprint density at radius 1 is 0.703 bits per heavy atom. The number of hydrogen-bond donors (Lipinski definition) is 4. The van der Waals surface area contributed by atoms with E-state index in [1.54, 1.807) is 12.4 Å². The fraction of sp³-hybridized carbons (Fsp3) is 0.447. The average Bonchev–Trinajstić information content (AvgIpc) is 4.09. The van der Waals surface area contributed by atoms with Gasteiger partial charge in [0.2, 0.25) is 11.9 Å². The molecule has 8 heterocycles. The lowest BCUT2D eigenvalue weighted by atomic mass is 10.00. The second-order valence-electron chi connectivity index (χ2n) is 16.9. The molecule has 17 nitrogen and oxygen atoms in total. The number of aliphatic hydroxyl groups excluding tert-OH is 1. The number of nitrogens with zero attached hydrogens (tertiary/aromatic N) is 9. The highest BCUT2D eigenvalue weighted by Gasteiger charge is 2.28. The third-order valence-electron chi connectivity index (χ3n) is 12.5. The summed E-state index contributed by atoms with van der Waals surface area (Å²) >= 11 is 0. The monoisotopic (exact) mass is 870 g/mol. The predicted octanol–water partition coefficient (Wildman–Crippen LogP) is 6.54. The van der Waals surface area contributed by atoms with Crippen molar-refractivity contribution < 1.29 is 23.4 Å². The van der Waals surface area contributed by atoms with Crippen molar-refractivity contribution in [2.75, 3.05) is 94.2 Å². The molecule has 2 aromatic carbocycles. The number of likely N-dealkylation sites (N-methyl/N-ethyl adjacent to an activating group) is 1. The summed E-state index contributed by atoms with van der Waals surface area (Å²) in [7, 11) is 4.27. The van der Waals surface area contributed by atoms with Crippen LogP contribution in [0.1, 0.15) is 48.2 Å². The topological polar surface area (TPSA) is 188 Å². The van der Waals surface area contributed by atoms with Crippen LogP contribution in [0.5, 0.6) is 0 Å². The first kappa shape index (κ1) is 43.3. The number of rotatable bonds is 13. The first-order valence-electron chi connectivity index (χ1n) is 22.4. The van der Waals surface area contributed by atoms with E-state index in [-0.39, 0.29) is 6.61 Å². The zero-order valence-corrected chi connectivity index (χ0v) is 36.7.